The monoisotopic (exact) mass is 473 g/mol. The molecule has 0 aliphatic carbocycles. The van der Waals surface area contributed by atoms with Crippen molar-refractivity contribution >= 4 is 34.3 Å². The van der Waals surface area contributed by atoms with Crippen molar-refractivity contribution in [1.29, 1.82) is 0 Å². The fourth-order valence-electron chi connectivity index (χ4n) is 4.25. The van der Waals surface area contributed by atoms with E-state index < -0.39 is 12.0 Å². The first-order chi connectivity index (χ1) is 16.5. The minimum Gasteiger partial charge on any atom is -0.497 e. The Morgan fingerprint density at radius 1 is 1.21 bits per heavy atom. The fraction of sp³-hybridized carbons (Fsp3) is 0.192. The van der Waals surface area contributed by atoms with Crippen molar-refractivity contribution in [2.24, 2.45) is 4.99 Å². The Bertz CT molecular complexity index is 1610. The number of methoxy groups -OCH3 is 1. The van der Waals surface area contributed by atoms with Gasteiger partial charge in [0.2, 0.25) is 0 Å². The number of esters is 1. The van der Waals surface area contributed by atoms with E-state index in [0.717, 1.165) is 22.0 Å². The zero-order valence-electron chi connectivity index (χ0n) is 19.0. The molecule has 0 saturated heterocycles. The lowest BCUT2D eigenvalue weighted by Gasteiger charge is -2.24. The third-order valence-corrected chi connectivity index (χ3v) is 6.84. The second-order valence-corrected chi connectivity index (χ2v) is 8.87. The van der Waals surface area contributed by atoms with Crippen LogP contribution in [0.1, 0.15) is 31.0 Å². The van der Waals surface area contributed by atoms with Crippen LogP contribution in [0.4, 0.5) is 0 Å². The summed E-state index contributed by atoms with van der Waals surface area (Å²) in [7, 11) is 1.59. The zero-order valence-corrected chi connectivity index (χ0v) is 19.8. The number of aromatic nitrogens is 2. The maximum Gasteiger partial charge on any atom is 0.338 e. The molecule has 0 amide bonds. The van der Waals surface area contributed by atoms with E-state index in [9.17, 15) is 9.59 Å². The quantitative estimate of drug-likeness (QED) is 0.451. The van der Waals surface area contributed by atoms with Gasteiger partial charge in [-0.2, -0.15) is 0 Å². The van der Waals surface area contributed by atoms with Crippen LogP contribution in [0.25, 0.3) is 17.0 Å². The third-order valence-electron chi connectivity index (χ3n) is 5.86. The Morgan fingerprint density at radius 2 is 1.97 bits per heavy atom. The summed E-state index contributed by atoms with van der Waals surface area (Å²) in [4.78, 5) is 35.0. The van der Waals surface area contributed by atoms with Crippen molar-refractivity contribution in [3.05, 3.63) is 96.8 Å². The number of ether oxygens (including phenoxy) is 2. The number of rotatable bonds is 5. The highest BCUT2D eigenvalue weighted by Crippen LogP contribution is 2.31. The highest BCUT2D eigenvalue weighted by Gasteiger charge is 2.33. The van der Waals surface area contributed by atoms with Crippen molar-refractivity contribution in [3.63, 3.8) is 0 Å². The lowest BCUT2D eigenvalue weighted by atomic mass is 9.96. The van der Waals surface area contributed by atoms with E-state index >= 15 is 0 Å². The summed E-state index contributed by atoms with van der Waals surface area (Å²) in [5.41, 5.74) is 3.39. The minimum absolute atomic E-state index is 0.204. The Kier molecular flexibility index (Phi) is 5.67. The summed E-state index contributed by atoms with van der Waals surface area (Å²) in [5, 5.41) is 1.03. The molecule has 0 fully saturated rings. The van der Waals surface area contributed by atoms with E-state index in [1.165, 1.54) is 11.3 Å². The third kappa shape index (κ3) is 3.66. The lowest BCUT2D eigenvalue weighted by molar-refractivity contribution is -0.139. The van der Waals surface area contributed by atoms with Gasteiger partial charge in [-0.05, 0) is 43.7 Å². The van der Waals surface area contributed by atoms with Crippen LogP contribution in [0.2, 0.25) is 0 Å². The Hall–Kier alpha value is -3.91. The smallest absolute Gasteiger partial charge is 0.338 e. The molecule has 2 aromatic carbocycles. The molecular formula is C26H23N3O4S. The summed E-state index contributed by atoms with van der Waals surface area (Å²) < 4.78 is 12.8. The number of hydrogen-bond donors (Lipinski definition) is 1. The number of thiazole rings is 1. The highest BCUT2D eigenvalue weighted by atomic mass is 32.1. The molecule has 5 rings (SSSR count). The molecule has 1 atom stereocenters. The first-order valence-corrected chi connectivity index (χ1v) is 11.7. The second-order valence-electron chi connectivity index (χ2n) is 7.87. The van der Waals surface area contributed by atoms with E-state index in [4.69, 9.17) is 9.47 Å². The molecule has 1 unspecified atom stereocenters. The number of para-hydroxylation sites is 1. The molecule has 4 aromatic rings. The van der Waals surface area contributed by atoms with Gasteiger partial charge in [0.25, 0.3) is 5.56 Å². The molecule has 0 radical (unpaired) electrons. The van der Waals surface area contributed by atoms with Crippen LogP contribution in [-0.2, 0) is 9.53 Å². The van der Waals surface area contributed by atoms with Gasteiger partial charge in [-0.3, -0.25) is 9.36 Å². The maximum absolute atomic E-state index is 13.7. The van der Waals surface area contributed by atoms with Gasteiger partial charge in [0, 0.05) is 22.7 Å². The van der Waals surface area contributed by atoms with Gasteiger partial charge in [-0.1, -0.05) is 41.7 Å². The van der Waals surface area contributed by atoms with Gasteiger partial charge in [0.05, 0.1) is 35.6 Å². The average molecular weight is 474 g/mol. The Balaban J connectivity index is 1.73. The van der Waals surface area contributed by atoms with Crippen molar-refractivity contribution in [3.8, 4) is 5.75 Å². The molecule has 7 nitrogen and oxygen atoms in total. The standard InChI is InChI=1S/C26H23N3O4S/c1-4-33-25(31)22-15(2)28-26-29(23(22)16-9-11-18(32-3)12-10-16)24(30)21(34-26)13-17-14-27-20-8-6-5-7-19(17)20/h5-14,23,27H,4H2,1-3H3/b21-13+. The van der Waals surface area contributed by atoms with E-state index in [2.05, 4.69) is 9.98 Å². The lowest BCUT2D eigenvalue weighted by Crippen LogP contribution is -2.39. The topological polar surface area (TPSA) is 85.7 Å². The van der Waals surface area contributed by atoms with Gasteiger partial charge in [0.1, 0.15) is 5.75 Å². The summed E-state index contributed by atoms with van der Waals surface area (Å²) >= 11 is 1.31. The van der Waals surface area contributed by atoms with Crippen molar-refractivity contribution in [1.82, 2.24) is 9.55 Å². The van der Waals surface area contributed by atoms with Crippen LogP contribution >= 0.6 is 11.3 Å². The van der Waals surface area contributed by atoms with Crippen LogP contribution in [0, 0.1) is 0 Å². The first-order valence-electron chi connectivity index (χ1n) is 10.9. The van der Waals surface area contributed by atoms with Gasteiger partial charge in [0.15, 0.2) is 4.80 Å². The molecule has 0 saturated carbocycles. The fourth-order valence-corrected chi connectivity index (χ4v) is 5.29. The minimum atomic E-state index is -0.647. The van der Waals surface area contributed by atoms with E-state index in [1.54, 1.807) is 25.5 Å². The van der Waals surface area contributed by atoms with Gasteiger partial charge in [-0.25, -0.2) is 9.79 Å². The van der Waals surface area contributed by atoms with E-state index in [-0.39, 0.29) is 12.2 Å². The van der Waals surface area contributed by atoms with Gasteiger partial charge >= 0.3 is 5.97 Å². The molecule has 8 heteroatoms. The molecule has 1 aliphatic rings. The molecule has 34 heavy (non-hydrogen) atoms. The number of aromatic amines is 1. The van der Waals surface area contributed by atoms with Crippen LogP contribution in [0.15, 0.2) is 75.8 Å². The normalized spacial score (nSPS) is 15.9. The molecule has 172 valence electrons. The van der Waals surface area contributed by atoms with Crippen LogP contribution < -0.4 is 19.6 Å². The summed E-state index contributed by atoms with van der Waals surface area (Å²) in [6.45, 7) is 3.77. The van der Waals surface area contributed by atoms with Crippen molar-refractivity contribution in [2.45, 2.75) is 19.9 Å². The van der Waals surface area contributed by atoms with E-state index in [0.29, 0.717) is 26.4 Å². The molecular weight excluding hydrogens is 450 g/mol. The number of H-pyrrole nitrogens is 1. The predicted octanol–water partition coefficient (Wildman–Crippen LogP) is 3.29. The van der Waals surface area contributed by atoms with Crippen LogP contribution in [-0.4, -0.2) is 29.2 Å². The zero-order chi connectivity index (χ0) is 23.8. The first kappa shape index (κ1) is 21.9. The van der Waals surface area contributed by atoms with Gasteiger partial charge in [-0.15, -0.1) is 0 Å². The summed E-state index contributed by atoms with van der Waals surface area (Å²) in [6, 6.07) is 14.6. The average Bonchev–Trinajstić information content (AvgIpc) is 3.39. The second kappa shape index (κ2) is 8.79. The highest BCUT2D eigenvalue weighted by molar-refractivity contribution is 7.07. The number of fused-ring (bicyclic) bond motifs is 2. The number of carbonyl (C=O) groups excluding carboxylic acids is 1. The van der Waals surface area contributed by atoms with Gasteiger partial charge < -0.3 is 14.5 Å². The predicted molar refractivity (Wildman–Crippen MR) is 132 cm³/mol. The number of benzene rings is 2. The van der Waals surface area contributed by atoms with Crippen LogP contribution in [0.5, 0.6) is 5.75 Å². The molecule has 1 aliphatic heterocycles. The number of hydrogen-bond acceptors (Lipinski definition) is 6. The number of nitrogens with one attached hydrogen (secondary N) is 1. The Labute approximate surface area is 199 Å². The number of carbonyl (C=O) groups is 1. The maximum atomic E-state index is 13.7. The largest absolute Gasteiger partial charge is 0.497 e. The summed E-state index contributed by atoms with van der Waals surface area (Å²) in [5.74, 6) is 0.212. The molecule has 0 spiro atoms. The molecule has 2 aromatic heterocycles. The SMILES string of the molecule is CCOC(=O)C1=C(C)N=c2s/c(=C/c3c[nH]c4ccccc34)c(=O)n2C1c1ccc(OC)cc1. The van der Waals surface area contributed by atoms with Crippen molar-refractivity contribution < 1.29 is 14.3 Å². The molecule has 0 bridgehead atoms. The number of nitrogens with zero attached hydrogens (tertiary/aromatic N) is 2. The van der Waals surface area contributed by atoms with Crippen LogP contribution in [0.3, 0.4) is 0 Å². The summed E-state index contributed by atoms with van der Waals surface area (Å²) in [6.07, 6.45) is 3.76. The molecule has 1 N–H and O–H groups in total. The number of allylic oxidation sites excluding steroid dienone is 1. The van der Waals surface area contributed by atoms with E-state index in [1.807, 2.05) is 60.8 Å². The molecule has 3 heterocycles. The van der Waals surface area contributed by atoms with Crippen molar-refractivity contribution in [2.75, 3.05) is 13.7 Å². The Morgan fingerprint density at radius 3 is 2.71 bits per heavy atom.